The lowest BCUT2D eigenvalue weighted by atomic mass is 10.1. The van der Waals surface area contributed by atoms with Crippen molar-refractivity contribution in [2.24, 2.45) is 0 Å². The first kappa shape index (κ1) is 12.4. The van der Waals surface area contributed by atoms with Crippen LogP contribution in [0.1, 0.15) is 29.7 Å². The summed E-state index contributed by atoms with van der Waals surface area (Å²) < 4.78 is 0. The van der Waals surface area contributed by atoms with E-state index in [1.54, 1.807) is 0 Å². The SMILES string of the molecule is Cc1cc(C)c(C#N)c(NCC2CCC(=O)N2)n1. The number of anilines is 1. The Morgan fingerprint density at radius 2 is 2.39 bits per heavy atom. The Morgan fingerprint density at radius 3 is 3.00 bits per heavy atom. The molecule has 2 heterocycles. The van der Waals surface area contributed by atoms with Crippen LogP contribution < -0.4 is 10.6 Å². The van der Waals surface area contributed by atoms with E-state index in [-0.39, 0.29) is 11.9 Å². The molecule has 94 valence electrons. The number of aromatic nitrogens is 1. The minimum atomic E-state index is 0.0932. The van der Waals surface area contributed by atoms with Gasteiger partial charge in [-0.05, 0) is 31.9 Å². The van der Waals surface area contributed by atoms with Gasteiger partial charge >= 0.3 is 0 Å². The maximum atomic E-state index is 11.1. The van der Waals surface area contributed by atoms with Gasteiger partial charge in [-0.25, -0.2) is 4.98 Å². The molecule has 2 rings (SSSR count). The molecule has 1 aliphatic heterocycles. The Balaban J connectivity index is 2.09. The zero-order valence-corrected chi connectivity index (χ0v) is 10.6. The number of amides is 1. The quantitative estimate of drug-likeness (QED) is 0.839. The lowest BCUT2D eigenvalue weighted by Crippen LogP contribution is -2.32. The Bertz CT molecular complexity index is 518. The number of pyridine rings is 1. The van der Waals surface area contributed by atoms with E-state index in [4.69, 9.17) is 5.26 Å². The van der Waals surface area contributed by atoms with Gasteiger partial charge in [-0.2, -0.15) is 5.26 Å². The first-order chi connectivity index (χ1) is 8.60. The molecule has 1 atom stereocenters. The molecule has 1 aromatic heterocycles. The molecule has 2 N–H and O–H groups in total. The van der Waals surface area contributed by atoms with Crippen LogP contribution in [0.5, 0.6) is 0 Å². The molecule has 1 saturated heterocycles. The van der Waals surface area contributed by atoms with Gasteiger partial charge < -0.3 is 10.6 Å². The van der Waals surface area contributed by atoms with Gasteiger partial charge in [0.05, 0.1) is 5.56 Å². The Labute approximate surface area is 106 Å². The van der Waals surface area contributed by atoms with E-state index in [9.17, 15) is 4.79 Å². The van der Waals surface area contributed by atoms with Gasteiger partial charge in [0.25, 0.3) is 0 Å². The van der Waals surface area contributed by atoms with Crippen LogP contribution in [-0.2, 0) is 4.79 Å². The molecule has 18 heavy (non-hydrogen) atoms. The average molecular weight is 244 g/mol. The first-order valence-corrected chi connectivity index (χ1v) is 6.01. The van der Waals surface area contributed by atoms with Crippen LogP contribution in [0.2, 0.25) is 0 Å². The maximum absolute atomic E-state index is 11.1. The molecule has 1 aromatic rings. The fraction of sp³-hybridized carbons (Fsp3) is 0.462. The summed E-state index contributed by atoms with van der Waals surface area (Å²) in [5.74, 6) is 0.701. The number of carbonyl (C=O) groups is 1. The second kappa shape index (κ2) is 5.05. The summed E-state index contributed by atoms with van der Waals surface area (Å²) in [5, 5.41) is 15.2. The fourth-order valence-corrected chi connectivity index (χ4v) is 2.16. The Morgan fingerprint density at radius 1 is 1.61 bits per heavy atom. The van der Waals surface area contributed by atoms with Crippen molar-refractivity contribution < 1.29 is 4.79 Å². The molecule has 0 aliphatic carbocycles. The average Bonchev–Trinajstić information content (AvgIpc) is 2.72. The predicted molar refractivity (Wildman–Crippen MR) is 68.1 cm³/mol. The van der Waals surface area contributed by atoms with E-state index in [1.807, 2.05) is 19.9 Å². The van der Waals surface area contributed by atoms with Crippen molar-refractivity contribution in [2.45, 2.75) is 32.7 Å². The van der Waals surface area contributed by atoms with Crippen molar-refractivity contribution in [1.29, 1.82) is 5.26 Å². The largest absolute Gasteiger partial charge is 0.367 e. The monoisotopic (exact) mass is 244 g/mol. The predicted octanol–water partition coefficient (Wildman–Crippen LogP) is 1.26. The number of nitrogens with zero attached hydrogens (tertiary/aromatic N) is 2. The highest BCUT2D eigenvalue weighted by molar-refractivity contribution is 5.78. The molecule has 1 amide bonds. The van der Waals surface area contributed by atoms with Crippen LogP contribution in [0.25, 0.3) is 0 Å². The van der Waals surface area contributed by atoms with Crippen LogP contribution in [0.15, 0.2) is 6.07 Å². The van der Waals surface area contributed by atoms with Crippen molar-refractivity contribution in [2.75, 3.05) is 11.9 Å². The Hall–Kier alpha value is -2.09. The van der Waals surface area contributed by atoms with Crippen LogP contribution >= 0.6 is 0 Å². The van der Waals surface area contributed by atoms with Gasteiger partial charge in [0, 0.05) is 24.7 Å². The third kappa shape index (κ3) is 2.59. The summed E-state index contributed by atoms with van der Waals surface area (Å²) in [6.45, 7) is 4.41. The van der Waals surface area contributed by atoms with Gasteiger partial charge in [0.2, 0.25) is 5.91 Å². The second-order valence-corrected chi connectivity index (χ2v) is 4.60. The highest BCUT2D eigenvalue weighted by Crippen LogP contribution is 2.18. The molecular formula is C13H16N4O. The maximum Gasteiger partial charge on any atom is 0.220 e. The number of hydrogen-bond acceptors (Lipinski definition) is 4. The molecule has 0 bridgehead atoms. The van der Waals surface area contributed by atoms with Crippen molar-refractivity contribution in [3.05, 3.63) is 22.9 Å². The number of rotatable bonds is 3. The van der Waals surface area contributed by atoms with Crippen LogP contribution in [-0.4, -0.2) is 23.5 Å². The standard InChI is InChI=1S/C13H16N4O/c1-8-5-9(2)16-13(11(8)6-14)15-7-10-3-4-12(18)17-10/h5,10H,3-4,7H2,1-2H3,(H,15,16)(H,17,18). The molecule has 0 radical (unpaired) electrons. The van der Waals surface area contributed by atoms with Crippen molar-refractivity contribution in [3.8, 4) is 6.07 Å². The van der Waals surface area contributed by atoms with Crippen molar-refractivity contribution >= 4 is 11.7 Å². The smallest absolute Gasteiger partial charge is 0.220 e. The highest BCUT2D eigenvalue weighted by atomic mass is 16.1. The summed E-state index contributed by atoms with van der Waals surface area (Å²) in [6.07, 6.45) is 1.41. The third-order valence-corrected chi connectivity index (χ3v) is 3.06. The van der Waals surface area contributed by atoms with Crippen LogP contribution in [0.4, 0.5) is 5.82 Å². The molecule has 5 heteroatoms. The van der Waals surface area contributed by atoms with Gasteiger partial charge in [-0.3, -0.25) is 4.79 Å². The molecule has 0 spiro atoms. The lowest BCUT2D eigenvalue weighted by molar-refractivity contribution is -0.119. The second-order valence-electron chi connectivity index (χ2n) is 4.60. The van der Waals surface area contributed by atoms with Crippen molar-refractivity contribution in [3.63, 3.8) is 0 Å². The van der Waals surface area contributed by atoms with Gasteiger partial charge in [-0.1, -0.05) is 0 Å². The number of nitriles is 1. The molecule has 1 fully saturated rings. The Kier molecular flexibility index (Phi) is 3.47. The number of nitrogens with one attached hydrogen (secondary N) is 2. The summed E-state index contributed by atoms with van der Waals surface area (Å²) in [6, 6.07) is 4.18. The summed E-state index contributed by atoms with van der Waals surface area (Å²) >= 11 is 0. The molecule has 0 aromatic carbocycles. The van der Waals surface area contributed by atoms with Gasteiger partial charge in [0.1, 0.15) is 11.9 Å². The molecule has 0 saturated carbocycles. The van der Waals surface area contributed by atoms with E-state index in [1.165, 1.54) is 0 Å². The normalized spacial score (nSPS) is 18.3. The topological polar surface area (TPSA) is 77.8 Å². The van der Waals surface area contributed by atoms with Gasteiger partial charge in [-0.15, -0.1) is 0 Å². The number of aryl methyl sites for hydroxylation is 2. The fourth-order valence-electron chi connectivity index (χ4n) is 2.16. The minimum absolute atomic E-state index is 0.0932. The summed E-state index contributed by atoms with van der Waals surface area (Å²) in [7, 11) is 0. The third-order valence-electron chi connectivity index (χ3n) is 3.06. The summed E-state index contributed by atoms with van der Waals surface area (Å²) in [4.78, 5) is 15.4. The molecule has 1 aliphatic rings. The number of carbonyl (C=O) groups excluding carboxylic acids is 1. The number of hydrogen-bond donors (Lipinski definition) is 2. The summed E-state index contributed by atoms with van der Waals surface area (Å²) in [5.41, 5.74) is 2.37. The van der Waals surface area contributed by atoms with E-state index >= 15 is 0 Å². The zero-order chi connectivity index (χ0) is 13.1. The first-order valence-electron chi connectivity index (χ1n) is 6.01. The molecule has 5 nitrogen and oxygen atoms in total. The minimum Gasteiger partial charge on any atom is -0.367 e. The van der Waals surface area contributed by atoms with E-state index in [0.717, 1.165) is 17.7 Å². The molecule has 1 unspecified atom stereocenters. The van der Waals surface area contributed by atoms with E-state index < -0.39 is 0 Å². The van der Waals surface area contributed by atoms with Crippen molar-refractivity contribution in [1.82, 2.24) is 10.3 Å². The zero-order valence-electron chi connectivity index (χ0n) is 10.6. The molecular weight excluding hydrogens is 228 g/mol. The highest BCUT2D eigenvalue weighted by Gasteiger charge is 2.20. The van der Waals surface area contributed by atoms with Crippen LogP contribution in [0, 0.1) is 25.2 Å². The van der Waals surface area contributed by atoms with E-state index in [0.29, 0.717) is 24.3 Å². The lowest BCUT2D eigenvalue weighted by Gasteiger charge is -2.14. The van der Waals surface area contributed by atoms with E-state index in [2.05, 4.69) is 21.7 Å². The van der Waals surface area contributed by atoms with Crippen LogP contribution in [0.3, 0.4) is 0 Å². The van der Waals surface area contributed by atoms with Gasteiger partial charge in [0.15, 0.2) is 0 Å².